The number of hydrogen-bond acceptors (Lipinski definition) is 4. The van der Waals surface area contributed by atoms with Crippen LogP contribution in [0.3, 0.4) is 0 Å². The lowest BCUT2D eigenvalue weighted by Crippen LogP contribution is -2.26. The summed E-state index contributed by atoms with van der Waals surface area (Å²) in [6.07, 6.45) is 2.54. The van der Waals surface area contributed by atoms with E-state index in [4.69, 9.17) is 5.73 Å². The maximum Gasteiger partial charge on any atom is 0.266 e. The molecule has 0 bridgehead atoms. The van der Waals surface area contributed by atoms with E-state index in [2.05, 4.69) is 14.9 Å². The van der Waals surface area contributed by atoms with Gasteiger partial charge in [-0.15, -0.1) is 0 Å². The molecule has 0 aliphatic carbocycles. The highest BCUT2D eigenvalue weighted by Gasteiger charge is 2.24. The third-order valence-electron chi connectivity index (χ3n) is 2.70. The van der Waals surface area contributed by atoms with Gasteiger partial charge in [-0.3, -0.25) is 4.79 Å². The molecule has 0 spiro atoms. The van der Waals surface area contributed by atoms with Crippen LogP contribution >= 0.6 is 22.6 Å². The zero-order valence-corrected chi connectivity index (χ0v) is 10.4. The van der Waals surface area contributed by atoms with E-state index < -0.39 is 0 Å². The Morgan fingerprint density at radius 1 is 1.73 bits per heavy atom. The smallest absolute Gasteiger partial charge is 0.266 e. The van der Waals surface area contributed by atoms with E-state index in [0.29, 0.717) is 16.0 Å². The molecule has 1 atom stereocenters. The fraction of sp³-hybridized carbons (Fsp3) is 0.556. The maximum atomic E-state index is 11.4. The number of aromatic nitrogens is 2. The zero-order chi connectivity index (χ0) is 10.8. The fourth-order valence-electron chi connectivity index (χ4n) is 1.81. The predicted octanol–water partition coefficient (Wildman–Crippen LogP) is 0.159. The quantitative estimate of drug-likeness (QED) is 0.761. The van der Waals surface area contributed by atoms with Gasteiger partial charge in [0.1, 0.15) is 9.39 Å². The minimum atomic E-state index is -0.0724. The van der Waals surface area contributed by atoms with Crippen molar-refractivity contribution in [1.29, 1.82) is 0 Å². The third-order valence-corrected chi connectivity index (χ3v) is 3.67. The Labute approximate surface area is 101 Å². The van der Waals surface area contributed by atoms with Gasteiger partial charge >= 0.3 is 0 Å². The summed E-state index contributed by atoms with van der Waals surface area (Å²) in [4.78, 5) is 20.3. The van der Waals surface area contributed by atoms with Crippen LogP contribution in [0.4, 0.5) is 5.82 Å². The molecular formula is C9H13IN4O. The number of rotatable bonds is 2. The first kappa shape index (κ1) is 10.9. The lowest BCUT2D eigenvalue weighted by molar-refractivity contribution is 0.602. The highest BCUT2D eigenvalue weighted by molar-refractivity contribution is 14.1. The van der Waals surface area contributed by atoms with Crippen molar-refractivity contribution in [3.05, 3.63) is 20.3 Å². The van der Waals surface area contributed by atoms with Crippen molar-refractivity contribution in [2.24, 2.45) is 11.7 Å². The number of halogens is 1. The molecule has 15 heavy (non-hydrogen) atoms. The van der Waals surface area contributed by atoms with E-state index in [-0.39, 0.29) is 5.56 Å². The van der Waals surface area contributed by atoms with Gasteiger partial charge in [0, 0.05) is 13.1 Å². The summed E-state index contributed by atoms with van der Waals surface area (Å²) in [5.74, 6) is 1.32. The van der Waals surface area contributed by atoms with E-state index in [1.54, 1.807) is 0 Å². The van der Waals surface area contributed by atoms with E-state index in [1.165, 1.54) is 6.33 Å². The van der Waals surface area contributed by atoms with Crippen LogP contribution in [0.1, 0.15) is 6.42 Å². The number of aromatic amines is 1. The second-order valence-corrected chi connectivity index (χ2v) is 4.78. The average molecular weight is 320 g/mol. The number of nitrogens with one attached hydrogen (secondary N) is 1. The number of nitrogens with two attached hydrogens (primary N) is 1. The van der Waals surface area contributed by atoms with Gasteiger partial charge in [0.15, 0.2) is 0 Å². The highest BCUT2D eigenvalue weighted by atomic mass is 127. The second-order valence-electron chi connectivity index (χ2n) is 3.71. The number of nitrogens with zero attached hydrogens (tertiary/aromatic N) is 2. The number of H-pyrrole nitrogens is 1. The van der Waals surface area contributed by atoms with Crippen LogP contribution in [0.25, 0.3) is 0 Å². The molecule has 0 radical (unpaired) electrons. The minimum absolute atomic E-state index is 0.0724. The van der Waals surface area contributed by atoms with Gasteiger partial charge in [-0.05, 0) is 41.5 Å². The Morgan fingerprint density at radius 2 is 2.53 bits per heavy atom. The van der Waals surface area contributed by atoms with Crippen LogP contribution in [0.2, 0.25) is 0 Å². The molecule has 3 N–H and O–H groups in total. The lowest BCUT2D eigenvalue weighted by Gasteiger charge is -2.17. The first-order valence-electron chi connectivity index (χ1n) is 4.90. The molecule has 2 heterocycles. The zero-order valence-electron chi connectivity index (χ0n) is 8.24. The molecule has 1 aliphatic heterocycles. The van der Waals surface area contributed by atoms with E-state index in [9.17, 15) is 4.79 Å². The van der Waals surface area contributed by atoms with Crippen LogP contribution in [-0.4, -0.2) is 29.6 Å². The first-order valence-corrected chi connectivity index (χ1v) is 5.98. The Bertz CT molecular complexity index is 405. The first-order chi connectivity index (χ1) is 7.22. The molecule has 6 heteroatoms. The number of hydrogen-bond donors (Lipinski definition) is 2. The molecule has 1 aromatic rings. The van der Waals surface area contributed by atoms with Gasteiger partial charge in [-0.2, -0.15) is 0 Å². The Kier molecular flexibility index (Phi) is 3.25. The largest absolute Gasteiger partial charge is 0.355 e. The van der Waals surface area contributed by atoms with Gasteiger partial charge in [-0.1, -0.05) is 0 Å². The molecular weight excluding hydrogens is 307 g/mol. The van der Waals surface area contributed by atoms with Crippen LogP contribution in [0, 0.1) is 9.49 Å². The lowest BCUT2D eigenvalue weighted by atomic mass is 10.1. The molecule has 1 unspecified atom stereocenters. The summed E-state index contributed by atoms with van der Waals surface area (Å²) in [7, 11) is 0. The highest BCUT2D eigenvalue weighted by Crippen LogP contribution is 2.23. The van der Waals surface area contributed by atoms with Crippen LogP contribution in [0.5, 0.6) is 0 Å². The molecule has 0 saturated carbocycles. The van der Waals surface area contributed by atoms with Crippen molar-refractivity contribution >= 4 is 28.4 Å². The molecule has 2 rings (SSSR count). The standard InChI is InChI=1S/C9H13IN4O/c10-7-8(12-5-13-9(7)15)14-2-1-6(3-11)4-14/h5-6H,1-4,11H2,(H,12,13,15). The van der Waals surface area contributed by atoms with Crippen LogP contribution < -0.4 is 16.2 Å². The Balaban J connectivity index is 2.24. The average Bonchev–Trinajstić information content (AvgIpc) is 2.70. The second kappa shape index (κ2) is 4.48. The Hall–Kier alpha value is -0.630. The molecule has 82 valence electrons. The maximum absolute atomic E-state index is 11.4. The van der Waals surface area contributed by atoms with Crippen LogP contribution in [-0.2, 0) is 0 Å². The molecule has 5 nitrogen and oxygen atoms in total. The topological polar surface area (TPSA) is 75.0 Å². The molecule has 1 fully saturated rings. The van der Waals surface area contributed by atoms with Crippen molar-refractivity contribution in [2.45, 2.75) is 6.42 Å². The summed E-state index contributed by atoms with van der Waals surface area (Å²) in [6.45, 7) is 2.55. The predicted molar refractivity (Wildman–Crippen MR) is 66.9 cm³/mol. The summed E-state index contributed by atoms with van der Waals surface area (Å²) in [6, 6.07) is 0. The van der Waals surface area contributed by atoms with Gasteiger partial charge in [0.25, 0.3) is 5.56 Å². The molecule has 1 saturated heterocycles. The van der Waals surface area contributed by atoms with Crippen molar-refractivity contribution in [1.82, 2.24) is 9.97 Å². The summed E-state index contributed by atoms with van der Waals surface area (Å²) >= 11 is 2.03. The van der Waals surface area contributed by atoms with Crippen molar-refractivity contribution in [2.75, 3.05) is 24.5 Å². The van der Waals surface area contributed by atoms with Crippen molar-refractivity contribution in [3.63, 3.8) is 0 Å². The molecule has 1 aromatic heterocycles. The molecule has 0 amide bonds. The minimum Gasteiger partial charge on any atom is -0.355 e. The summed E-state index contributed by atoms with van der Waals surface area (Å²) in [5.41, 5.74) is 5.55. The van der Waals surface area contributed by atoms with Crippen molar-refractivity contribution < 1.29 is 0 Å². The van der Waals surface area contributed by atoms with Gasteiger partial charge in [-0.25, -0.2) is 4.98 Å². The van der Waals surface area contributed by atoms with Crippen molar-refractivity contribution in [3.8, 4) is 0 Å². The van der Waals surface area contributed by atoms with Crippen LogP contribution in [0.15, 0.2) is 11.1 Å². The fourth-order valence-corrected chi connectivity index (χ4v) is 2.45. The van der Waals surface area contributed by atoms with E-state index in [0.717, 1.165) is 25.3 Å². The molecule has 1 aliphatic rings. The van der Waals surface area contributed by atoms with Gasteiger partial charge < -0.3 is 15.6 Å². The summed E-state index contributed by atoms with van der Waals surface area (Å²) < 4.78 is 0.660. The SMILES string of the molecule is NCC1CCN(c2nc[nH]c(=O)c2I)C1. The summed E-state index contributed by atoms with van der Waals surface area (Å²) in [5, 5.41) is 0. The van der Waals surface area contributed by atoms with E-state index >= 15 is 0 Å². The Morgan fingerprint density at radius 3 is 3.20 bits per heavy atom. The van der Waals surface area contributed by atoms with Gasteiger partial charge in [0.05, 0.1) is 6.33 Å². The normalized spacial score (nSPS) is 20.9. The number of anilines is 1. The molecule has 0 aromatic carbocycles. The third kappa shape index (κ3) is 2.15. The van der Waals surface area contributed by atoms with Gasteiger partial charge in [0.2, 0.25) is 0 Å². The van der Waals surface area contributed by atoms with E-state index in [1.807, 2.05) is 22.6 Å². The monoisotopic (exact) mass is 320 g/mol.